The Morgan fingerprint density at radius 3 is 1.87 bits per heavy atom. The number of esters is 1. The summed E-state index contributed by atoms with van der Waals surface area (Å²) in [6.07, 6.45) is 2.41. The monoisotopic (exact) mass is 428 g/mol. The van der Waals surface area contributed by atoms with E-state index >= 15 is 0 Å². The van der Waals surface area contributed by atoms with Gasteiger partial charge in [-0.1, -0.05) is 12.2 Å². The van der Waals surface area contributed by atoms with Crippen LogP contribution < -0.4 is 22.4 Å². The molecule has 1 amide bonds. The first-order chi connectivity index (χ1) is 14.7. The molecular weight excluding hydrogens is 404 g/mol. The van der Waals surface area contributed by atoms with Gasteiger partial charge in [0.25, 0.3) is 0 Å². The highest BCUT2D eigenvalue weighted by molar-refractivity contribution is 5.93. The third kappa shape index (κ3) is 5.56. The van der Waals surface area contributed by atoms with Crippen LogP contribution in [-0.4, -0.2) is 31.7 Å². The molecule has 0 aliphatic rings. The fraction of sp³-hybridized carbons (Fsp3) is 0.286. The van der Waals surface area contributed by atoms with Crippen molar-refractivity contribution in [3.8, 4) is 0 Å². The van der Waals surface area contributed by atoms with E-state index in [2.05, 4.69) is 18.5 Å². The number of nitrogens with zero attached hydrogens (tertiary/aromatic N) is 3. The Morgan fingerprint density at radius 2 is 1.42 bits per heavy atom. The highest BCUT2D eigenvalue weighted by Crippen LogP contribution is 2.11. The molecule has 1 heterocycles. The van der Waals surface area contributed by atoms with Crippen LogP contribution in [-0.2, 0) is 29.2 Å². The number of ether oxygens (including phenoxy) is 1. The largest absolute Gasteiger partial charge is 0.459 e. The Labute approximate surface area is 177 Å². The molecular formula is C21H24N4O6. The van der Waals surface area contributed by atoms with E-state index in [0.29, 0.717) is 15.8 Å². The number of allylic oxidation sites excluding steroid dienone is 2. The predicted octanol–water partition coefficient (Wildman–Crippen LogP) is 0.748. The molecule has 0 aliphatic carbocycles. The van der Waals surface area contributed by atoms with Crippen LogP contribution in [0.4, 0.5) is 5.69 Å². The lowest BCUT2D eigenvalue weighted by molar-refractivity contribution is -0.116. The third-order valence-corrected chi connectivity index (χ3v) is 4.06. The van der Waals surface area contributed by atoms with Gasteiger partial charge in [0.05, 0.1) is 24.8 Å². The summed E-state index contributed by atoms with van der Waals surface area (Å²) in [5, 5.41) is 2.54. The molecule has 0 bridgehead atoms. The molecule has 0 saturated heterocycles. The van der Waals surface area contributed by atoms with Crippen molar-refractivity contribution >= 4 is 17.6 Å². The average Bonchev–Trinajstić information content (AvgIpc) is 2.72. The summed E-state index contributed by atoms with van der Waals surface area (Å²) in [5.74, 6) is -1.16. The zero-order valence-corrected chi connectivity index (χ0v) is 17.4. The molecule has 0 spiro atoms. The van der Waals surface area contributed by atoms with Crippen LogP contribution >= 0.6 is 0 Å². The Bertz CT molecular complexity index is 1120. The zero-order valence-electron chi connectivity index (χ0n) is 17.4. The first-order valence-electron chi connectivity index (χ1n) is 9.46. The molecule has 0 unspecified atom stereocenters. The molecule has 1 aromatic carbocycles. The topological polar surface area (TPSA) is 121 Å². The maximum Gasteiger partial charge on any atom is 0.338 e. The van der Waals surface area contributed by atoms with Crippen molar-refractivity contribution in [3.63, 3.8) is 0 Å². The second kappa shape index (κ2) is 10.2. The Balaban J connectivity index is 2.27. The summed E-state index contributed by atoms with van der Waals surface area (Å²) >= 11 is 0. The molecule has 164 valence electrons. The number of rotatable bonds is 9. The van der Waals surface area contributed by atoms with Crippen LogP contribution in [0, 0.1) is 0 Å². The molecule has 10 nitrogen and oxygen atoms in total. The fourth-order valence-electron chi connectivity index (χ4n) is 2.70. The van der Waals surface area contributed by atoms with Gasteiger partial charge in [0, 0.05) is 5.69 Å². The quantitative estimate of drug-likeness (QED) is 0.465. The summed E-state index contributed by atoms with van der Waals surface area (Å²) in [6, 6.07) is 5.94. The van der Waals surface area contributed by atoms with Gasteiger partial charge >= 0.3 is 23.0 Å². The molecule has 1 N–H and O–H groups in total. The number of hydrogen-bond donors (Lipinski definition) is 1. The summed E-state index contributed by atoms with van der Waals surface area (Å²) in [4.78, 5) is 61.8. The Hall–Kier alpha value is -3.95. The fourth-order valence-corrected chi connectivity index (χ4v) is 2.70. The van der Waals surface area contributed by atoms with Gasteiger partial charge < -0.3 is 10.1 Å². The molecule has 0 aliphatic heterocycles. The van der Waals surface area contributed by atoms with Crippen molar-refractivity contribution in [1.82, 2.24) is 13.7 Å². The van der Waals surface area contributed by atoms with Gasteiger partial charge in [-0.3, -0.25) is 4.79 Å². The van der Waals surface area contributed by atoms with Crippen molar-refractivity contribution in [2.45, 2.75) is 39.6 Å². The summed E-state index contributed by atoms with van der Waals surface area (Å²) in [5.41, 5.74) is -1.98. The number of benzene rings is 1. The van der Waals surface area contributed by atoms with Gasteiger partial charge in [0.15, 0.2) is 0 Å². The summed E-state index contributed by atoms with van der Waals surface area (Å²) in [7, 11) is 0. The van der Waals surface area contributed by atoms with Crippen LogP contribution in [0.15, 0.2) is 64.0 Å². The van der Waals surface area contributed by atoms with Crippen LogP contribution in [0.25, 0.3) is 0 Å². The van der Waals surface area contributed by atoms with Crippen molar-refractivity contribution in [3.05, 3.63) is 86.6 Å². The minimum absolute atomic E-state index is 0.120. The van der Waals surface area contributed by atoms with Crippen molar-refractivity contribution in [2.75, 3.05) is 5.32 Å². The van der Waals surface area contributed by atoms with E-state index in [0.717, 1.165) is 9.13 Å². The van der Waals surface area contributed by atoms with E-state index in [-0.39, 0.29) is 19.2 Å². The molecule has 31 heavy (non-hydrogen) atoms. The zero-order chi connectivity index (χ0) is 23.1. The standard InChI is InChI=1S/C21H24N4O6/c1-5-11-23-19(28)24(12-6-2)21(30)25(20(23)29)13-17(26)22-16-9-7-15(8-10-16)18(27)31-14(3)4/h5-10,14H,1-2,11-13H2,3-4H3,(H,22,26). The molecule has 10 heteroatoms. The second-order valence-corrected chi connectivity index (χ2v) is 6.81. The average molecular weight is 428 g/mol. The molecule has 2 aromatic rings. The third-order valence-electron chi connectivity index (χ3n) is 4.06. The van der Waals surface area contributed by atoms with Gasteiger partial charge in [-0.2, -0.15) is 0 Å². The predicted molar refractivity (Wildman–Crippen MR) is 115 cm³/mol. The number of aromatic nitrogens is 3. The maximum atomic E-state index is 12.6. The number of carbonyl (C=O) groups is 2. The first-order valence-corrected chi connectivity index (χ1v) is 9.46. The highest BCUT2D eigenvalue weighted by Gasteiger charge is 2.17. The van der Waals surface area contributed by atoms with Gasteiger partial charge in [0.2, 0.25) is 5.91 Å². The van der Waals surface area contributed by atoms with E-state index in [1.807, 2.05) is 0 Å². The van der Waals surface area contributed by atoms with Gasteiger partial charge in [-0.25, -0.2) is 32.9 Å². The Kier molecular flexibility index (Phi) is 7.67. The smallest absolute Gasteiger partial charge is 0.338 e. The SMILES string of the molecule is C=CCn1c(=O)n(CC=C)c(=O)n(CC(=O)Nc2ccc(C(=O)OC(C)C)cc2)c1=O. The van der Waals surface area contributed by atoms with E-state index in [1.165, 1.54) is 36.4 Å². The molecule has 0 fully saturated rings. The highest BCUT2D eigenvalue weighted by atomic mass is 16.5. The maximum absolute atomic E-state index is 12.6. The van der Waals surface area contributed by atoms with E-state index in [1.54, 1.807) is 13.8 Å². The van der Waals surface area contributed by atoms with Crippen LogP contribution in [0.2, 0.25) is 0 Å². The molecule has 2 rings (SSSR count). The number of amides is 1. The Morgan fingerprint density at radius 1 is 0.935 bits per heavy atom. The molecule has 0 atom stereocenters. The van der Waals surface area contributed by atoms with E-state index in [4.69, 9.17) is 4.74 Å². The molecule has 1 aromatic heterocycles. The number of anilines is 1. The van der Waals surface area contributed by atoms with Crippen molar-refractivity contribution < 1.29 is 14.3 Å². The lowest BCUT2D eigenvalue weighted by Gasteiger charge is -2.12. The van der Waals surface area contributed by atoms with E-state index < -0.39 is 35.5 Å². The van der Waals surface area contributed by atoms with Crippen LogP contribution in [0.3, 0.4) is 0 Å². The van der Waals surface area contributed by atoms with Gasteiger partial charge in [-0.15, -0.1) is 13.2 Å². The lowest BCUT2D eigenvalue weighted by Crippen LogP contribution is -2.55. The molecule has 0 radical (unpaired) electrons. The number of hydrogen-bond acceptors (Lipinski definition) is 6. The van der Waals surface area contributed by atoms with Gasteiger partial charge in [0.1, 0.15) is 6.54 Å². The number of carbonyl (C=O) groups excluding carboxylic acids is 2. The van der Waals surface area contributed by atoms with Crippen molar-refractivity contribution in [1.29, 1.82) is 0 Å². The number of nitrogens with one attached hydrogen (secondary N) is 1. The second-order valence-electron chi connectivity index (χ2n) is 6.81. The summed E-state index contributed by atoms with van der Waals surface area (Å²) in [6.45, 7) is 9.60. The van der Waals surface area contributed by atoms with Gasteiger partial charge in [-0.05, 0) is 38.1 Å². The van der Waals surface area contributed by atoms with Crippen LogP contribution in [0.5, 0.6) is 0 Å². The van der Waals surface area contributed by atoms with Crippen LogP contribution in [0.1, 0.15) is 24.2 Å². The normalized spacial score (nSPS) is 10.5. The molecule has 0 saturated carbocycles. The van der Waals surface area contributed by atoms with E-state index in [9.17, 15) is 24.0 Å². The van der Waals surface area contributed by atoms with Crippen molar-refractivity contribution in [2.24, 2.45) is 0 Å². The minimum Gasteiger partial charge on any atom is -0.459 e. The minimum atomic E-state index is -0.919. The first kappa shape index (κ1) is 23.3. The lowest BCUT2D eigenvalue weighted by atomic mass is 10.2. The summed E-state index contributed by atoms with van der Waals surface area (Å²) < 4.78 is 7.37.